The van der Waals surface area contributed by atoms with Crippen LogP contribution in [0.4, 0.5) is 4.79 Å². The number of likely N-dealkylation sites (tertiary alicyclic amines) is 1. The number of ether oxygens (including phenoxy) is 1. The summed E-state index contributed by atoms with van der Waals surface area (Å²) < 4.78 is 5.01. The number of carboxylic acid groups (broad SMARTS) is 1. The SMILES string of the molecule is C=CCOC(=O)N1[C@H](C(=O)O)CC[C@H]1c1ccc(Cl)cc1. The van der Waals surface area contributed by atoms with E-state index in [0.29, 0.717) is 17.9 Å². The third-order valence-corrected chi connectivity index (χ3v) is 3.71. The average molecular weight is 310 g/mol. The smallest absolute Gasteiger partial charge is 0.411 e. The highest BCUT2D eigenvalue weighted by Gasteiger charge is 2.42. The zero-order valence-corrected chi connectivity index (χ0v) is 12.1. The van der Waals surface area contributed by atoms with Crippen LogP contribution in [0.1, 0.15) is 24.4 Å². The van der Waals surface area contributed by atoms with E-state index in [9.17, 15) is 14.7 Å². The number of nitrogens with zero attached hydrogens (tertiary/aromatic N) is 1. The van der Waals surface area contributed by atoms with Gasteiger partial charge in [0.1, 0.15) is 12.6 Å². The summed E-state index contributed by atoms with van der Waals surface area (Å²) in [5.74, 6) is -1.03. The summed E-state index contributed by atoms with van der Waals surface area (Å²) in [4.78, 5) is 24.8. The molecule has 0 saturated carbocycles. The number of amides is 1. The van der Waals surface area contributed by atoms with Gasteiger partial charge in [0.15, 0.2) is 0 Å². The van der Waals surface area contributed by atoms with Crippen LogP contribution in [0.15, 0.2) is 36.9 Å². The molecule has 5 nitrogen and oxygen atoms in total. The van der Waals surface area contributed by atoms with Crippen LogP contribution in [0.25, 0.3) is 0 Å². The van der Waals surface area contributed by atoms with Crippen molar-refractivity contribution in [2.24, 2.45) is 0 Å². The van der Waals surface area contributed by atoms with E-state index < -0.39 is 18.1 Å². The van der Waals surface area contributed by atoms with Gasteiger partial charge in [-0.3, -0.25) is 4.90 Å². The summed E-state index contributed by atoms with van der Waals surface area (Å²) >= 11 is 5.85. The van der Waals surface area contributed by atoms with E-state index in [1.54, 1.807) is 24.3 Å². The van der Waals surface area contributed by atoms with Gasteiger partial charge in [-0.15, -0.1) is 0 Å². The van der Waals surface area contributed by atoms with E-state index in [0.717, 1.165) is 5.56 Å². The maximum absolute atomic E-state index is 12.1. The molecule has 0 aliphatic carbocycles. The summed E-state index contributed by atoms with van der Waals surface area (Å²) in [6, 6.07) is 5.84. The van der Waals surface area contributed by atoms with Crippen molar-refractivity contribution in [2.45, 2.75) is 24.9 Å². The lowest BCUT2D eigenvalue weighted by molar-refractivity contribution is -0.142. The molecule has 1 heterocycles. The minimum Gasteiger partial charge on any atom is -0.480 e. The predicted octanol–water partition coefficient (Wildman–Crippen LogP) is 3.25. The molecular weight excluding hydrogens is 294 g/mol. The van der Waals surface area contributed by atoms with Crippen molar-refractivity contribution in [2.75, 3.05) is 6.61 Å². The summed E-state index contributed by atoms with van der Waals surface area (Å²) in [6.07, 6.45) is 1.77. The van der Waals surface area contributed by atoms with Crippen LogP contribution in [-0.2, 0) is 9.53 Å². The maximum Gasteiger partial charge on any atom is 0.411 e. The fraction of sp³-hybridized carbons (Fsp3) is 0.333. The Morgan fingerprint density at radius 3 is 2.62 bits per heavy atom. The first-order valence-corrected chi connectivity index (χ1v) is 6.96. The van der Waals surface area contributed by atoms with Crippen molar-refractivity contribution >= 4 is 23.7 Å². The molecule has 1 fully saturated rings. The summed E-state index contributed by atoms with van der Waals surface area (Å²) in [5.41, 5.74) is 0.846. The van der Waals surface area contributed by atoms with E-state index in [2.05, 4.69) is 6.58 Å². The van der Waals surface area contributed by atoms with Crippen LogP contribution in [0.3, 0.4) is 0 Å². The minimum absolute atomic E-state index is 0.0506. The first-order chi connectivity index (χ1) is 10.0. The first kappa shape index (κ1) is 15.4. The van der Waals surface area contributed by atoms with Crippen molar-refractivity contribution in [3.05, 3.63) is 47.5 Å². The zero-order chi connectivity index (χ0) is 15.4. The van der Waals surface area contributed by atoms with Crippen LogP contribution < -0.4 is 0 Å². The monoisotopic (exact) mass is 309 g/mol. The van der Waals surface area contributed by atoms with Gasteiger partial charge in [-0.05, 0) is 30.5 Å². The summed E-state index contributed by atoms with van der Waals surface area (Å²) in [7, 11) is 0. The Balaban J connectivity index is 2.26. The Morgan fingerprint density at radius 1 is 1.38 bits per heavy atom. The molecule has 2 rings (SSSR count). The number of rotatable bonds is 4. The normalized spacial score (nSPS) is 21.1. The molecule has 1 aromatic rings. The van der Waals surface area contributed by atoms with Crippen molar-refractivity contribution in [3.63, 3.8) is 0 Å². The molecule has 1 aliphatic heterocycles. The van der Waals surface area contributed by atoms with Gasteiger partial charge >= 0.3 is 12.1 Å². The van der Waals surface area contributed by atoms with Crippen molar-refractivity contribution in [3.8, 4) is 0 Å². The van der Waals surface area contributed by atoms with Gasteiger partial charge in [-0.1, -0.05) is 36.4 Å². The second kappa shape index (κ2) is 6.63. The Hall–Kier alpha value is -2.01. The van der Waals surface area contributed by atoms with Crippen LogP contribution in [-0.4, -0.2) is 34.7 Å². The standard InChI is InChI=1S/C15H16ClNO4/c1-2-9-21-15(20)17-12(7-8-13(17)14(18)19)10-3-5-11(16)6-4-10/h2-6,12-13H,1,7-9H2,(H,18,19)/t12-,13-/m0/s1. The van der Waals surface area contributed by atoms with Crippen LogP contribution in [0, 0.1) is 0 Å². The number of carbonyl (C=O) groups excluding carboxylic acids is 1. The number of aliphatic carboxylic acids is 1. The van der Waals surface area contributed by atoms with Gasteiger partial charge in [0, 0.05) is 5.02 Å². The van der Waals surface area contributed by atoms with Crippen molar-refractivity contribution in [1.82, 2.24) is 4.90 Å². The van der Waals surface area contributed by atoms with Crippen molar-refractivity contribution in [1.29, 1.82) is 0 Å². The fourth-order valence-electron chi connectivity index (χ4n) is 2.53. The average Bonchev–Trinajstić information content (AvgIpc) is 2.90. The molecule has 0 radical (unpaired) electrons. The molecule has 0 bridgehead atoms. The van der Waals surface area contributed by atoms with Crippen LogP contribution >= 0.6 is 11.6 Å². The third kappa shape index (κ3) is 3.36. The largest absolute Gasteiger partial charge is 0.480 e. The number of carboxylic acids is 1. The van der Waals surface area contributed by atoms with E-state index >= 15 is 0 Å². The highest BCUT2D eigenvalue weighted by molar-refractivity contribution is 6.30. The molecule has 0 spiro atoms. The van der Waals surface area contributed by atoms with Gasteiger partial charge < -0.3 is 9.84 Å². The van der Waals surface area contributed by atoms with Crippen molar-refractivity contribution < 1.29 is 19.4 Å². The number of hydrogen-bond acceptors (Lipinski definition) is 3. The molecule has 21 heavy (non-hydrogen) atoms. The fourth-order valence-corrected chi connectivity index (χ4v) is 2.65. The maximum atomic E-state index is 12.1. The molecule has 1 aliphatic rings. The van der Waals surface area contributed by atoms with E-state index in [-0.39, 0.29) is 12.6 Å². The first-order valence-electron chi connectivity index (χ1n) is 6.59. The minimum atomic E-state index is -1.03. The zero-order valence-electron chi connectivity index (χ0n) is 11.4. The molecule has 1 amide bonds. The molecule has 6 heteroatoms. The van der Waals surface area contributed by atoms with Gasteiger partial charge in [0.05, 0.1) is 6.04 Å². The van der Waals surface area contributed by atoms with E-state index in [1.807, 2.05) is 0 Å². The van der Waals surface area contributed by atoms with E-state index in [1.165, 1.54) is 11.0 Å². The van der Waals surface area contributed by atoms with E-state index in [4.69, 9.17) is 16.3 Å². The summed E-state index contributed by atoms with van der Waals surface area (Å²) in [5, 5.41) is 9.87. The van der Waals surface area contributed by atoms with Gasteiger partial charge in [0.2, 0.25) is 0 Å². The highest BCUT2D eigenvalue weighted by atomic mass is 35.5. The molecule has 2 atom stereocenters. The Bertz CT molecular complexity index is 543. The number of benzene rings is 1. The predicted molar refractivity (Wildman–Crippen MR) is 78.2 cm³/mol. The van der Waals surface area contributed by atoms with Gasteiger partial charge in [-0.25, -0.2) is 9.59 Å². The molecule has 0 aromatic heterocycles. The van der Waals surface area contributed by atoms with Crippen LogP contribution in [0.5, 0.6) is 0 Å². The third-order valence-electron chi connectivity index (χ3n) is 3.46. The van der Waals surface area contributed by atoms with Crippen LogP contribution in [0.2, 0.25) is 5.02 Å². The second-order valence-corrected chi connectivity index (χ2v) is 5.21. The number of hydrogen-bond donors (Lipinski definition) is 1. The number of carbonyl (C=O) groups is 2. The molecule has 112 valence electrons. The molecule has 1 N–H and O–H groups in total. The lowest BCUT2D eigenvalue weighted by atomic mass is 10.1. The molecule has 1 saturated heterocycles. The Labute approximate surface area is 127 Å². The topological polar surface area (TPSA) is 66.8 Å². The Morgan fingerprint density at radius 2 is 2.05 bits per heavy atom. The molecule has 1 aromatic carbocycles. The number of halogens is 1. The Kier molecular flexibility index (Phi) is 4.85. The molecule has 0 unspecified atom stereocenters. The highest BCUT2D eigenvalue weighted by Crippen LogP contribution is 2.37. The summed E-state index contributed by atoms with van der Waals surface area (Å²) in [6.45, 7) is 3.52. The quantitative estimate of drug-likeness (QED) is 0.867. The lowest BCUT2D eigenvalue weighted by Crippen LogP contribution is -2.42. The second-order valence-electron chi connectivity index (χ2n) is 4.77. The van der Waals surface area contributed by atoms with Gasteiger partial charge in [0.25, 0.3) is 0 Å². The van der Waals surface area contributed by atoms with Gasteiger partial charge in [-0.2, -0.15) is 0 Å². The lowest BCUT2D eigenvalue weighted by Gasteiger charge is -2.27. The molecular formula is C15H16ClNO4.